The molecule has 3 N–H and O–H groups in total. The summed E-state index contributed by atoms with van der Waals surface area (Å²) in [6.45, 7) is 9.62. The van der Waals surface area contributed by atoms with Crippen LogP contribution in [0, 0.1) is 0 Å². The van der Waals surface area contributed by atoms with Gasteiger partial charge < -0.3 is 29.2 Å². The first-order valence-electron chi connectivity index (χ1n) is 14.0. The first-order chi connectivity index (χ1) is 19.7. The minimum absolute atomic E-state index is 0.0104. The molecule has 1 aliphatic rings. The molecular weight excluding hydrogens is 520 g/mol. The molecule has 1 heterocycles. The third-order valence-corrected chi connectivity index (χ3v) is 7.00. The maximum absolute atomic E-state index is 12.7. The van der Waals surface area contributed by atoms with Gasteiger partial charge in [-0.3, -0.25) is 5.32 Å². The lowest BCUT2D eigenvalue weighted by Crippen LogP contribution is -2.39. The number of hydrogen-bond acceptors (Lipinski definition) is 7. The van der Waals surface area contributed by atoms with Crippen molar-refractivity contribution in [3.63, 3.8) is 0 Å². The zero-order valence-electron chi connectivity index (χ0n) is 24.0. The molecule has 9 nitrogen and oxygen atoms in total. The highest BCUT2D eigenvalue weighted by Crippen LogP contribution is 2.44. The molecule has 216 valence electrons. The summed E-state index contributed by atoms with van der Waals surface area (Å²) in [6.07, 6.45) is -1.54. The normalized spacial score (nSPS) is 13.6. The summed E-state index contributed by atoms with van der Waals surface area (Å²) in [5.41, 5.74) is 6.03. The largest absolute Gasteiger partial charge is 0.492 e. The van der Waals surface area contributed by atoms with Gasteiger partial charge in [0.25, 0.3) is 0 Å². The highest BCUT2D eigenvalue weighted by Gasteiger charge is 2.29. The Balaban J connectivity index is 1.16. The third kappa shape index (κ3) is 6.70. The highest BCUT2D eigenvalue weighted by atomic mass is 16.6. The molecule has 0 saturated carbocycles. The Labute approximate surface area is 240 Å². The van der Waals surface area contributed by atoms with E-state index in [-0.39, 0.29) is 19.1 Å². The number of aliphatic hydroxyl groups is 1. The molecule has 0 radical (unpaired) electrons. The number of carbonyl (C=O) groups excluding carboxylic acids is 1. The Kier molecular flexibility index (Phi) is 8.58. The zero-order valence-corrected chi connectivity index (χ0v) is 24.0. The summed E-state index contributed by atoms with van der Waals surface area (Å²) < 4.78 is 19.0. The molecule has 5 rings (SSSR count). The summed E-state index contributed by atoms with van der Waals surface area (Å²) in [5.74, 6) is 1.43. The average molecular weight is 559 g/mol. The number of imidazole rings is 1. The molecule has 9 heteroatoms. The van der Waals surface area contributed by atoms with Crippen molar-refractivity contribution < 1.29 is 24.1 Å². The number of aryl methyl sites for hydroxylation is 1. The number of benzene rings is 3. The topological polar surface area (TPSA) is 107 Å². The molecule has 1 aliphatic carbocycles. The molecule has 4 aromatic rings. The van der Waals surface area contributed by atoms with Crippen molar-refractivity contribution in [1.82, 2.24) is 20.2 Å². The number of fused-ring (bicyclic) bond motifs is 4. The highest BCUT2D eigenvalue weighted by molar-refractivity contribution is 5.79. The number of nitrogens with zero attached hydrogens (tertiary/aromatic N) is 2. The molecule has 1 atom stereocenters. The van der Waals surface area contributed by atoms with Crippen LogP contribution in [0.15, 0.2) is 66.7 Å². The van der Waals surface area contributed by atoms with Gasteiger partial charge in [0.2, 0.25) is 6.41 Å². The Hall–Kier alpha value is -3.92. The van der Waals surface area contributed by atoms with Gasteiger partial charge in [-0.25, -0.2) is 9.78 Å². The summed E-state index contributed by atoms with van der Waals surface area (Å²) in [5, 5.41) is 15.7. The average Bonchev–Trinajstić information content (AvgIpc) is 3.46. The Morgan fingerprint density at radius 3 is 2.39 bits per heavy atom. The minimum Gasteiger partial charge on any atom is -0.492 e. The minimum atomic E-state index is -1.06. The van der Waals surface area contributed by atoms with E-state index in [1.807, 2.05) is 74.7 Å². The summed E-state index contributed by atoms with van der Waals surface area (Å²) in [6, 6.07) is 22.2. The fourth-order valence-electron chi connectivity index (χ4n) is 5.26. The van der Waals surface area contributed by atoms with Crippen molar-refractivity contribution in [3.05, 3.63) is 83.7 Å². The van der Waals surface area contributed by atoms with E-state index in [1.165, 1.54) is 22.3 Å². The quantitative estimate of drug-likeness (QED) is 0.173. The van der Waals surface area contributed by atoms with Crippen LogP contribution in [0.2, 0.25) is 0 Å². The first kappa shape index (κ1) is 28.6. The molecule has 3 aromatic carbocycles. The van der Waals surface area contributed by atoms with Crippen molar-refractivity contribution >= 4 is 17.1 Å². The van der Waals surface area contributed by atoms with E-state index in [0.29, 0.717) is 25.4 Å². The predicted molar refractivity (Wildman–Crippen MR) is 158 cm³/mol. The van der Waals surface area contributed by atoms with Crippen LogP contribution in [0.3, 0.4) is 0 Å². The molecule has 0 spiro atoms. The van der Waals surface area contributed by atoms with Crippen molar-refractivity contribution in [2.45, 2.75) is 58.7 Å². The molecule has 0 bridgehead atoms. The van der Waals surface area contributed by atoms with Gasteiger partial charge in [0, 0.05) is 25.1 Å². The van der Waals surface area contributed by atoms with E-state index in [9.17, 15) is 9.90 Å². The van der Waals surface area contributed by atoms with E-state index in [2.05, 4.69) is 34.9 Å². The number of alkyl carbamates (subject to hydrolysis) is 1. The molecular formula is C32H38N4O5. The second-order valence-corrected chi connectivity index (χ2v) is 11.0. The lowest BCUT2D eigenvalue weighted by atomic mass is 9.98. The van der Waals surface area contributed by atoms with Crippen LogP contribution in [0.25, 0.3) is 22.2 Å². The van der Waals surface area contributed by atoms with Gasteiger partial charge in [-0.15, -0.1) is 0 Å². The van der Waals surface area contributed by atoms with Gasteiger partial charge in [-0.1, -0.05) is 48.5 Å². The van der Waals surface area contributed by atoms with Gasteiger partial charge >= 0.3 is 6.09 Å². The number of nitrogens with one attached hydrogen (secondary N) is 2. The molecule has 0 fully saturated rings. The Morgan fingerprint density at radius 1 is 1.05 bits per heavy atom. The van der Waals surface area contributed by atoms with Gasteiger partial charge in [0.05, 0.1) is 23.2 Å². The van der Waals surface area contributed by atoms with Crippen molar-refractivity contribution in [1.29, 1.82) is 0 Å². The summed E-state index contributed by atoms with van der Waals surface area (Å²) in [7, 11) is 0. The Bertz CT molecular complexity index is 1460. The SMILES string of the molecule is CCn1c(CNC(=O)OCC2c3ccccc3-c3ccccc32)nc2ccc(OCCNC(O)OC(C)(C)C)cc21. The van der Waals surface area contributed by atoms with E-state index in [1.54, 1.807) is 0 Å². The van der Waals surface area contributed by atoms with Crippen LogP contribution in [-0.4, -0.2) is 52.5 Å². The fraction of sp³-hybridized carbons (Fsp3) is 0.375. The number of aromatic nitrogens is 2. The van der Waals surface area contributed by atoms with E-state index in [0.717, 1.165) is 16.9 Å². The second kappa shape index (κ2) is 12.3. The standard InChI is InChI=1S/C32H38N4O5/c1-5-36-28-18-21(39-17-16-33-31(38)41-32(2,3)4)14-15-27(28)35-29(36)19-34-30(37)40-20-26-24-12-8-6-10-22(24)23-11-7-9-13-25(23)26/h6-15,18,26,31,33,38H,5,16-17,19-20H2,1-4H3,(H,34,37). The van der Waals surface area contributed by atoms with E-state index < -0.39 is 18.1 Å². The van der Waals surface area contributed by atoms with Crippen LogP contribution >= 0.6 is 0 Å². The fourth-order valence-corrected chi connectivity index (χ4v) is 5.26. The lowest BCUT2D eigenvalue weighted by Gasteiger charge is -2.24. The molecule has 1 amide bonds. The van der Waals surface area contributed by atoms with Crippen molar-refractivity contribution in [3.8, 4) is 16.9 Å². The molecule has 1 aromatic heterocycles. The van der Waals surface area contributed by atoms with Crippen LogP contribution in [0.4, 0.5) is 4.79 Å². The van der Waals surface area contributed by atoms with Gasteiger partial charge in [0.1, 0.15) is 24.8 Å². The molecule has 1 unspecified atom stereocenters. The maximum Gasteiger partial charge on any atom is 0.407 e. The van der Waals surface area contributed by atoms with E-state index >= 15 is 0 Å². The number of hydrogen-bond donors (Lipinski definition) is 3. The van der Waals surface area contributed by atoms with Gasteiger partial charge in [0.15, 0.2) is 0 Å². The third-order valence-electron chi connectivity index (χ3n) is 7.00. The number of aliphatic hydroxyl groups excluding tert-OH is 1. The molecule has 41 heavy (non-hydrogen) atoms. The van der Waals surface area contributed by atoms with Crippen LogP contribution < -0.4 is 15.4 Å². The van der Waals surface area contributed by atoms with Crippen molar-refractivity contribution in [2.24, 2.45) is 0 Å². The second-order valence-electron chi connectivity index (χ2n) is 11.0. The predicted octanol–water partition coefficient (Wildman–Crippen LogP) is 5.15. The first-order valence-corrected chi connectivity index (χ1v) is 14.0. The number of rotatable bonds is 11. The number of ether oxygens (including phenoxy) is 3. The van der Waals surface area contributed by atoms with Crippen LogP contribution in [0.5, 0.6) is 5.75 Å². The summed E-state index contributed by atoms with van der Waals surface area (Å²) >= 11 is 0. The van der Waals surface area contributed by atoms with Gasteiger partial charge in [-0.05, 0) is 62.1 Å². The molecule has 0 saturated heterocycles. The van der Waals surface area contributed by atoms with Gasteiger partial charge in [-0.2, -0.15) is 0 Å². The smallest absolute Gasteiger partial charge is 0.407 e. The van der Waals surface area contributed by atoms with Crippen molar-refractivity contribution in [2.75, 3.05) is 19.8 Å². The number of carbonyl (C=O) groups is 1. The zero-order chi connectivity index (χ0) is 29.0. The lowest BCUT2D eigenvalue weighted by molar-refractivity contribution is -0.181. The van der Waals surface area contributed by atoms with E-state index in [4.69, 9.17) is 19.2 Å². The maximum atomic E-state index is 12.7. The molecule has 0 aliphatic heterocycles. The summed E-state index contributed by atoms with van der Waals surface area (Å²) in [4.78, 5) is 17.4. The number of amides is 1. The Morgan fingerprint density at radius 2 is 1.73 bits per heavy atom. The van der Waals surface area contributed by atoms with Crippen LogP contribution in [-0.2, 0) is 22.6 Å². The monoisotopic (exact) mass is 558 g/mol. The van der Waals surface area contributed by atoms with Crippen LogP contribution in [0.1, 0.15) is 50.6 Å².